The number of hydrogen-bond acceptors (Lipinski definition) is 2. The number of aryl methyl sites for hydroxylation is 2. The summed E-state index contributed by atoms with van der Waals surface area (Å²) in [6, 6.07) is 0. The van der Waals surface area contributed by atoms with Crippen LogP contribution < -0.4 is 0 Å². The number of aromatic nitrogens is 2. The zero-order valence-corrected chi connectivity index (χ0v) is 9.11. The predicted molar refractivity (Wildman–Crippen MR) is 53.3 cm³/mol. The summed E-state index contributed by atoms with van der Waals surface area (Å²) in [6.45, 7) is 4.92. The lowest BCUT2D eigenvalue weighted by molar-refractivity contribution is 0.641. The highest BCUT2D eigenvalue weighted by Gasteiger charge is 2.06. The van der Waals surface area contributed by atoms with E-state index in [0.717, 1.165) is 22.5 Å². The highest BCUT2D eigenvalue weighted by Crippen LogP contribution is 2.19. The lowest BCUT2D eigenvalue weighted by Crippen LogP contribution is -2.03. The number of rotatable bonds is 2. The van der Waals surface area contributed by atoms with Gasteiger partial charge in [-0.1, -0.05) is 0 Å². The quantitative estimate of drug-likeness (QED) is 0.778. The summed E-state index contributed by atoms with van der Waals surface area (Å²) in [5.74, 6) is 0.828. The van der Waals surface area contributed by atoms with Gasteiger partial charge in [-0.2, -0.15) is 17.7 Å². The maximum absolute atomic E-state index is 4.32. The molecular formula is C7H11BrN2S. The van der Waals surface area contributed by atoms with E-state index in [1.807, 2.05) is 18.5 Å². The molecule has 1 rings (SSSR count). The van der Waals surface area contributed by atoms with Crippen molar-refractivity contribution in [3.63, 3.8) is 0 Å². The lowest BCUT2D eigenvalue weighted by atomic mass is 10.4. The second-order valence-electron chi connectivity index (χ2n) is 2.43. The number of thiol groups is 1. The summed E-state index contributed by atoms with van der Waals surface area (Å²) < 4.78 is 3.08. The van der Waals surface area contributed by atoms with Crippen LogP contribution in [0.15, 0.2) is 4.47 Å². The molecule has 0 unspecified atom stereocenters. The first-order chi connectivity index (χ1) is 5.16. The van der Waals surface area contributed by atoms with Crippen LogP contribution in [-0.2, 0) is 6.54 Å². The van der Waals surface area contributed by atoms with Gasteiger partial charge in [-0.3, -0.25) is 4.68 Å². The van der Waals surface area contributed by atoms with E-state index >= 15 is 0 Å². The van der Waals surface area contributed by atoms with Crippen LogP contribution in [0.25, 0.3) is 0 Å². The average Bonchev–Trinajstić information content (AvgIpc) is 2.19. The Morgan fingerprint density at radius 3 is 2.55 bits per heavy atom. The first kappa shape index (κ1) is 9.13. The molecule has 0 saturated heterocycles. The third-order valence-electron chi connectivity index (χ3n) is 1.60. The molecule has 0 spiro atoms. The Kier molecular flexibility index (Phi) is 3.01. The van der Waals surface area contributed by atoms with Gasteiger partial charge in [-0.05, 0) is 29.8 Å². The van der Waals surface area contributed by atoms with Crippen molar-refractivity contribution in [1.82, 2.24) is 9.78 Å². The third kappa shape index (κ3) is 1.79. The molecule has 0 atom stereocenters. The van der Waals surface area contributed by atoms with Crippen molar-refractivity contribution in [3.8, 4) is 0 Å². The van der Waals surface area contributed by atoms with Crippen LogP contribution >= 0.6 is 28.6 Å². The predicted octanol–water partition coefficient (Wildman–Crippen LogP) is 2.19. The SMILES string of the molecule is Cc1nn(CCS)c(C)c1Br. The van der Waals surface area contributed by atoms with Crippen LogP contribution in [0.4, 0.5) is 0 Å². The van der Waals surface area contributed by atoms with Crippen molar-refractivity contribution in [2.45, 2.75) is 20.4 Å². The van der Waals surface area contributed by atoms with Crippen molar-refractivity contribution in [1.29, 1.82) is 0 Å². The van der Waals surface area contributed by atoms with Crippen LogP contribution in [0.1, 0.15) is 11.4 Å². The molecule has 0 bridgehead atoms. The van der Waals surface area contributed by atoms with Crippen molar-refractivity contribution in [2.24, 2.45) is 0 Å². The highest BCUT2D eigenvalue weighted by atomic mass is 79.9. The molecule has 62 valence electrons. The summed E-state index contributed by atoms with van der Waals surface area (Å²) in [6.07, 6.45) is 0. The third-order valence-corrected chi connectivity index (χ3v) is 2.95. The summed E-state index contributed by atoms with van der Waals surface area (Å²) in [4.78, 5) is 0. The van der Waals surface area contributed by atoms with Gasteiger partial charge in [0, 0.05) is 11.4 Å². The molecule has 0 fully saturated rings. The zero-order chi connectivity index (χ0) is 8.43. The van der Waals surface area contributed by atoms with Crippen LogP contribution in [0.3, 0.4) is 0 Å². The van der Waals surface area contributed by atoms with E-state index in [4.69, 9.17) is 0 Å². The van der Waals surface area contributed by atoms with Gasteiger partial charge in [-0.25, -0.2) is 0 Å². The van der Waals surface area contributed by atoms with Crippen molar-refractivity contribution in [3.05, 3.63) is 15.9 Å². The van der Waals surface area contributed by atoms with Gasteiger partial charge in [-0.15, -0.1) is 0 Å². The Morgan fingerprint density at radius 2 is 2.18 bits per heavy atom. The first-order valence-electron chi connectivity index (χ1n) is 3.47. The van der Waals surface area contributed by atoms with E-state index in [0.29, 0.717) is 0 Å². The van der Waals surface area contributed by atoms with Gasteiger partial charge in [0.2, 0.25) is 0 Å². The van der Waals surface area contributed by atoms with Crippen LogP contribution in [-0.4, -0.2) is 15.5 Å². The Morgan fingerprint density at radius 1 is 1.55 bits per heavy atom. The Balaban J connectivity index is 2.98. The molecule has 0 amide bonds. The molecule has 0 N–H and O–H groups in total. The van der Waals surface area contributed by atoms with E-state index in [9.17, 15) is 0 Å². The van der Waals surface area contributed by atoms with Crippen LogP contribution in [0, 0.1) is 13.8 Å². The van der Waals surface area contributed by atoms with Crippen LogP contribution in [0.5, 0.6) is 0 Å². The second-order valence-corrected chi connectivity index (χ2v) is 3.67. The lowest BCUT2D eigenvalue weighted by Gasteiger charge is -1.99. The van der Waals surface area contributed by atoms with E-state index in [2.05, 4.69) is 33.7 Å². The van der Waals surface area contributed by atoms with Crippen molar-refractivity contribution < 1.29 is 0 Å². The molecule has 4 heteroatoms. The minimum atomic E-state index is 0.828. The van der Waals surface area contributed by atoms with Gasteiger partial charge in [0.15, 0.2) is 0 Å². The fraction of sp³-hybridized carbons (Fsp3) is 0.571. The molecule has 0 aromatic carbocycles. The van der Waals surface area contributed by atoms with Crippen molar-refractivity contribution >= 4 is 28.6 Å². The average molecular weight is 235 g/mol. The second kappa shape index (κ2) is 3.63. The molecule has 0 aliphatic rings. The molecule has 11 heavy (non-hydrogen) atoms. The molecule has 1 heterocycles. The monoisotopic (exact) mass is 234 g/mol. The molecule has 1 aromatic rings. The molecule has 0 saturated carbocycles. The van der Waals surface area contributed by atoms with Gasteiger partial charge in [0.1, 0.15) is 0 Å². The minimum absolute atomic E-state index is 0.828. The number of halogens is 1. The summed E-state index contributed by atoms with van der Waals surface area (Å²) in [5.41, 5.74) is 2.22. The minimum Gasteiger partial charge on any atom is -0.268 e. The van der Waals surface area contributed by atoms with E-state index in [1.165, 1.54) is 5.69 Å². The molecule has 1 aromatic heterocycles. The van der Waals surface area contributed by atoms with E-state index in [-0.39, 0.29) is 0 Å². The van der Waals surface area contributed by atoms with Crippen LogP contribution in [0.2, 0.25) is 0 Å². The Labute approximate surface area is 80.5 Å². The van der Waals surface area contributed by atoms with Gasteiger partial charge < -0.3 is 0 Å². The molecule has 0 aliphatic heterocycles. The topological polar surface area (TPSA) is 17.8 Å². The van der Waals surface area contributed by atoms with Crippen molar-refractivity contribution in [2.75, 3.05) is 5.75 Å². The molecule has 0 aliphatic carbocycles. The fourth-order valence-corrected chi connectivity index (χ4v) is 1.46. The Hall–Kier alpha value is 0.0400. The van der Waals surface area contributed by atoms with E-state index < -0.39 is 0 Å². The Bertz CT molecular complexity index is 257. The maximum Gasteiger partial charge on any atom is 0.0738 e. The van der Waals surface area contributed by atoms with Gasteiger partial charge in [0.05, 0.1) is 16.7 Å². The highest BCUT2D eigenvalue weighted by molar-refractivity contribution is 9.10. The first-order valence-corrected chi connectivity index (χ1v) is 4.89. The smallest absolute Gasteiger partial charge is 0.0738 e. The summed E-state index contributed by atoms with van der Waals surface area (Å²) >= 11 is 7.61. The largest absolute Gasteiger partial charge is 0.268 e. The number of nitrogens with zero attached hydrogens (tertiary/aromatic N) is 2. The van der Waals surface area contributed by atoms with Gasteiger partial charge in [0.25, 0.3) is 0 Å². The fourth-order valence-electron chi connectivity index (χ4n) is 0.988. The van der Waals surface area contributed by atoms with E-state index in [1.54, 1.807) is 0 Å². The standard InChI is InChI=1S/C7H11BrN2S/c1-5-7(8)6(2)10(9-5)3-4-11/h11H,3-4H2,1-2H3. The molecule has 2 nitrogen and oxygen atoms in total. The zero-order valence-electron chi connectivity index (χ0n) is 6.63. The number of hydrogen-bond donors (Lipinski definition) is 1. The normalized spacial score (nSPS) is 10.5. The summed E-state index contributed by atoms with van der Waals surface area (Å²) in [7, 11) is 0. The van der Waals surface area contributed by atoms with Gasteiger partial charge >= 0.3 is 0 Å². The maximum atomic E-state index is 4.32. The molecule has 0 radical (unpaired) electrons. The molecular weight excluding hydrogens is 224 g/mol. The summed E-state index contributed by atoms with van der Waals surface area (Å²) in [5, 5.41) is 4.32.